The Morgan fingerprint density at radius 1 is 1.67 bits per heavy atom. The first-order chi connectivity index (χ1) is 5.72. The van der Waals surface area contributed by atoms with Crippen LogP contribution in [0.25, 0.3) is 0 Å². The SMILES string of the molecule is CC1=CCC(/C=C(\C)C=O)CC1. The van der Waals surface area contributed by atoms with Crippen LogP contribution in [-0.2, 0) is 4.79 Å². The summed E-state index contributed by atoms with van der Waals surface area (Å²) in [5.41, 5.74) is 2.36. The molecule has 1 rings (SSSR count). The molecule has 1 aliphatic rings. The molecule has 1 atom stereocenters. The van der Waals surface area contributed by atoms with Gasteiger partial charge in [-0.2, -0.15) is 0 Å². The van der Waals surface area contributed by atoms with Crippen LogP contribution in [0.4, 0.5) is 0 Å². The zero-order chi connectivity index (χ0) is 8.97. The van der Waals surface area contributed by atoms with Crippen LogP contribution in [0.3, 0.4) is 0 Å². The first kappa shape index (κ1) is 9.24. The van der Waals surface area contributed by atoms with Crippen molar-refractivity contribution in [3.05, 3.63) is 23.3 Å². The first-order valence-corrected chi connectivity index (χ1v) is 4.51. The minimum atomic E-state index is 0.596. The molecule has 0 saturated carbocycles. The minimum Gasteiger partial charge on any atom is -0.298 e. The summed E-state index contributed by atoms with van der Waals surface area (Å²) in [4.78, 5) is 10.4. The Hall–Kier alpha value is -0.850. The molecule has 1 aliphatic carbocycles. The van der Waals surface area contributed by atoms with Crippen molar-refractivity contribution in [1.82, 2.24) is 0 Å². The van der Waals surface area contributed by atoms with Gasteiger partial charge in [-0.05, 0) is 44.6 Å². The number of rotatable bonds is 2. The van der Waals surface area contributed by atoms with Crippen LogP contribution in [0.2, 0.25) is 0 Å². The molecule has 12 heavy (non-hydrogen) atoms. The zero-order valence-electron chi connectivity index (χ0n) is 7.84. The Morgan fingerprint density at radius 3 is 2.92 bits per heavy atom. The Morgan fingerprint density at radius 2 is 2.42 bits per heavy atom. The quantitative estimate of drug-likeness (QED) is 0.348. The van der Waals surface area contributed by atoms with E-state index in [1.807, 2.05) is 6.92 Å². The molecule has 0 radical (unpaired) electrons. The largest absolute Gasteiger partial charge is 0.298 e. The third kappa shape index (κ3) is 2.65. The minimum absolute atomic E-state index is 0.596. The molecule has 0 aromatic carbocycles. The van der Waals surface area contributed by atoms with Gasteiger partial charge in [0.2, 0.25) is 0 Å². The Bertz CT molecular complexity index is 223. The number of aldehydes is 1. The maximum absolute atomic E-state index is 10.4. The van der Waals surface area contributed by atoms with Crippen LogP contribution in [0, 0.1) is 5.92 Å². The number of hydrogen-bond acceptors (Lipinski definition) is 1. The molecule has 0 aromatic rings. The summed E-state index contributed by atoms with van der Waals surface area (Å²) in [6.07, 6.45) is 8.81. The Labute approximate surface area is 74.2 Å². The van der Waals surface area contributed by atoms with Crippen molar-refractivity contribution in [2.45, 2.75) is 33.1 Å². The number of allylic oxidation sites excluding steroid dienone is 4. The van der Waals surface area contributed by atoms with Gasteiger partial charge >= 0.3 is 0 Å². The molecular weight excluding hydrogens is 148 g/mol. The van der Waals surface area contributed by atoms with Gasteiger partial charge in [-0.1, -0.05) is 17.7 Å². The maximum Gasteiger partial charge on any atom is 0.145 e. The van der Waals surface area contributed by atoms with E-state index in [1.165, 1.54) is 18.4 Å². The van der Waals surface area contributed by atoms with E-state index in [4.69, 9.17) is 0 Å². The number of hydrogen-bond donors (Lipinski definition) is 0. The molecule has 0 amide bonds. The van der Waals surface area contributed by atoms with E-state index in [1.54, 1.807) is 0 Å². The highest BCUT2D eigenvalue weighted by atomic mass is 16.1. The molecule has 0 aromatic heterocycles. The second kappa shape index (κ2) is 4.24. The summed E-state index contributed by atoms with van der Waals surface area (Å²) in [5.74, 6) is 0.596. The lowest BCUT2D eigenvalue weighted by Gasteiger charge is -2.16. The highest BCUT2D eigenvalue weighted by Crippen LogP contribution is 2.24. The molecule has 1 nitrogen and oxygen atoms in total. The summed E-state index contributed by atoms with van der Waals surface area (Å²) in [6.45, 7) is 4.05. The van der Waals surface area contributed by atoms with Crippen LogP contribution in [0.1, 0.15) is 33.1 Å². The summed E-state index contributed by atoms with van der Waals surface area (Å²) >= 11 is 0. The Balaban J connectivity index is 2.52. The average molecular weight is 164 g/mol. The van der Waals surface area contributed by atoms with E-state index in [0.717, 1.165) is 18.3 Å². The first-order valence-electron chi connectivity index (χ1n) is 4.51. The summed E-state index contributed by atoms with van der Waals surface area (Å²) < 4.78 is 0. The second-order valence-electron chi connectivity index (χ2n) is 3.61. The van der Waals surface area contributed by atoms with Gasteiger partial charge in [-0.3, -0.25) is 4.79 Å². The van der Waals surface area contributed by atoms with E-state index in [2.05, 4.69) is 19.1 Å². The van der Waals surface area contributed by atoms with Gasteiger partial charge in [0.15, 0.2) is 0 Å². The second-order valence-corrected chi connectivity index (χ2v) is 3.61. The topological polar surface area (TPSA) is 17.1 Å². The van der Waals surface area contributed by atoms with Crippen molar-refractivity contribution in [1.29, 1.82) is 0 Å². The van der Waals surface area contributed by atoms with Gasteiger partial charge in [-0.15, -0.1) is 0 Å². The van der Waals surface area contributed by atoms with Crippen molar-refractivity contribution < 1.29 is 4.79 Å². The molecule has 1 unspecified atom stereocenters. The van der Waals surface area contributed by atoms with Crippen LogP contribution < -0.4 is 0 Å². The molecule has 0 aliphatic heterocycles. The van der Waals surface area contributed by atoms with Crippen LogP contribution >= 0.6 is 0 Å². The van der Waals surface area contributed by atoms with Crippen molar-refractivity contribution in [2.75, 3.05) is 0 Å². The highest BCUT2D eigenvalue weighted by Gasteiger charge is 2.09. The van der Waals surface area contributed by atoms with E-state index >= 15 is 0 Å². The monoisotopic (exact) mass is 164 g/mol. The van der Waals surface area contributed by atoms with Gasteiger partial charge in [0.05, 0.1) is 0 Å². The lowest BCUT2D eigenvalue weighted by atomic mass is 9.89. The molecule has 0 N–H and O–H groups in total. The third-order valence-corrected chi connectivity index (χ3v) is 2.36. The highest BCUT2D eigenvalue weighted by molar-refractivity contribution is 5.72. The van der Waals surface area contributed by atoms with E-state index in [0.29, 0.717) is 5.92 Å². The molecule has 66 valence electrons. The molecule has 0 saturated heterocycles. The van der Waals surface area contributed by atoms with Crippen LogP contribution in [0.5, 0.6) is 0 Å². The smallest absolute Gasteiger partial charge is 0.145 e. The Kier molecular flexibility index (Phi) is 3.27. The average Bonchev–Trinajstić information content (AvgIpc) is 2.09. The van der Waals surface area contributed by atoms with Crippen molar-refractivity contribution in [3.8, 4) is 0 Å². The summed E-state index contributed by atoms with van der Waals surface area (Å²) in [5, 5.41) is 0. The molecule has 0 heterocycles. The van der Waals surface area contributed by atoms with E-state index in [9.17, 15) is 4.79 Å². The molecule has 0 fully saturated rings. The van der Waals surface area contributed by atoms with Gasteiger partial charge in [-0.25, -0.2) is 0 Å². The fourth-order valence-electron chi connectivity index (χ4n) is 1.55. The fraction of sp³-hybridized carbons (Fsp3) is 0.545. The van der Waals surface area contributed by atoms with E-state index < -0.39 is 0 Å². The van der Waals surface area contributed by atoms with Crippen molar-refractivity contribution in [3.63, 3.8) is 0 Å². The van der Waals surface area contributed by atoms with Gasteiger partial charge in [0, 0.05) is 0 Å². The standard InChI is InChI=1S/C11H16O/c1-9-3-5-11(6-4-9)7-10(2)8-12/h3,7-8,11H,4-6H2,1-2H3/b10-7+. The summed E-state index contributed by atoms with van der Waals surface area (Å²) in [7, 11) is 0. The van der Waals surface area contributed by atoms with Gasteiger partial charge in [0.1, 0.15) is 6.29 Å². The molecule has 0 spiro atoms. The van der Waals surface area contributed by atoms with Gasteiger partial charge in [0.25, 0.3) is 0 Å². The van der Waals surface area contributed by atoms with E-state index in [-0.39, 0.29) is 0 Å². The van der Waals surface area contributed by atoms with Crippen molar-refractivity contribution >= 4 is 6.29 Å². The zero-order valence-corrected chi connectivity index (χ0v) is 7.84. The molecular formula is C11H16O. The van der Waals surface area contributed by atoms with Crippen molar-refractivity contribution in [2.24, 2.45) is 5.92 Å². The van der Waals surface area contributed by atoms with Gasteiger partial charge < -0.3 is 0 Å². The summed E-state index contributed by atoms with van der Waals surface area (Å²) in [6, 6.07) is 0. The number of carbonyl (C=O) groups is 1. The fourth-order valence-corrected chi connectivity index (χ4v) is 1.55. The number of carbonyl (C=O) groups excluding carboxylic acids is 1. The predicted octanol–water partition coefficient (Wildman–Crippen LogP) is 2.88. The lowest BCUT2D eigenvalue weighted by Crippen LogP contribution is -2.02. The molecule has 0 bridgehead atoms. The maximum atomic E-state index is 10.4. The normalized spacial score (nSPS) is 25.0. The lowest BCUT2D eigenvalue weighted by molar-refractivity contribution is -0.104. The molecule has 1 heteroatoms. The van der Waals surface area contributed by atoms with Crippen LogP contribution in [0.15, 0.2) is 23.3 Å². The predicted molar refractivity (Wildman–Crippen MR) is 50.9 cm³/mol. The van der Waals surface area contributed by atoms with Crippen LogP contribution in [-0.4, -0.2) is 6.29 Å². The third-order valence-electron chi connectivity index (χ3n) is 2.36.